The lowest BCUT2D eigenvalue weighted by atomic mass is 9.77. The van der Waals surface area contributed by atoms with E-state index in [9.17, 15) is 30.7 Å². The Labute approximate surface area is 161 Å². The zero-order valence-corrected chi connectivity index (χ0v) is 14.9. The Hall–Kier alpha value is -2.39. The third-order valence-electron chi connectivity index (χ3n) is 5.82. The molecule has 0 saturated carbocycles. The number of aryl methyl sites for hydroxylation is 1. The van der Waals surface area contributed by atoms with Crippen molar-refractivity contribution < 1.29 is 30.7 Å². The van der Waals surface area contributed by atoms with Gasteiger partial charge in [0.2, 0.25) is 0 Å². The van der Waals surface area contributed by atoms with Crippen LogP contribution in [0.1, 0.15) is 35.4 Å². The summed E-state index contributed by atoms with van der Waals surface area (Å²) in [5.74, 6) is 0.609. The topological polar surface area (TPSA) is 29.0 Å². The summed E-state index contributed by atoms with van der Waals surface area (Å²) >= 11 is 0. The van der Waals surface area contributed by atoms with Gasteiger partial charge in [0.1, 0.15) is 5.82 Å². The van der Waals surface area contributed by atoms with Gasteiger partial charge in [-0.2, -0.15) is 26.3 Å². The SMILES string of the molecule is FC(F)(F)C(F)(c1ccc2c(c1)CCC1C2CCN1c1cnccn1)C(F)(F)F. The number of aromatic nitrogens is 2. The highest BCUT2D eigenvalue weighted by Gasteiger charge is 2.73. The van der Waals surface area contributed by atoms with Crippen LogP contribution in [0.2, 0.25) is 0 Å². The largest absolute Gasteiger partial charge is 0.435 e. The van der Waals surface area contributed by atoms with Crippen molar-refractivity contribution in [2.45, 2.75) is 49.2 Å². The maximum absolute atomic E-state index is 14.4. The number of halogens is 7. The molecule has 10 heteroatoms. The summed E-state index contributed by atoms with van der Waals surface area (Å²) in [5.41, 5.74) is -5.81. The molecule has 2 atom stereocenters. The van der Waals surface area contributed by atoms with Crippen LogP contribution in [-0.2, 0) is 12.1 Å². The Bertz CT molecular complexity index is 881. The molecule has 4 rings (SSSR count). The highest BCUT2D eigenvalue weighted by atomic mass is 19.4. The lowest BCUT2D eigenvalue weighted by Crippen LogP contribution is -2.50. The van der Waals surface area contributed by atoms with Crippen LogP contribution in [0.5, 0.6) is 0 Å². The highest BCUT2D eigenvalue weighted by Crippen LogP contribution is 2.54. The molecule has 2 aliphatic rings. The van der Waals surface area contributed by atoms with Crippen LogP contribution in [0.3, 0.4) is 0 Å². The van der Waals surface area contributed by atoms with E-state index in [1.165, 1.54) is 6.07 Å². The summed E-state index contributed by atoms with van der Waals surface area (Å²) in [7, 11) is 0. The van der Waals surface area contributed by atoms with E-state index in [0.29, 0.717) is 42.4 Å². The van der Waals surface area contributed by atoms with E-state index in [1.807, 2.05) is 0 Å². The Kier molecular flexibility index (Phi) is 4.51. The summed E-state index contributed by atoms with van der Waals surface area (Å²) in [6, 6.07) is 2.59. The summed E-state index contributed by atoms with van der Waals surface area (Å²) in [4.78, 5) is 10.4. The molecule has 0 amide bonds. The molecule has 1 fully saturated rings. The second-order valence-electron chi connectivity index (χ2n) is 7.33. The Morgan fingerprint density at radius 3 is 2.28 bits per heavy atom. The molecule has 0 spiro atoms. The van der Waals surface area contributed by atoms with Crippen molar-refractivity contribution in [2.24, 2.45) is 0 Å². The molecule has 2 heterocycles. The maximum atomic E-state index is 14.4. The zero-order valence-electron chi connectivity index (χ0n) is 14.9. The van der Waals surface area contributed by atoms with Gasteiger partial charge in [0.15, 0.2) is 0 Å². The first-order valence-corrected chi connectivity index (χ1v) is 9.02. The van der Waals surface area contributed by atoms with Crippen molar-refractivity contribution in [3.8, 4) is 0 Å². The van der Waals surface area contributed by atoms with Crippen LogP contribution in [0.15, 0.2) is 36.8 Å². The van der Waals surface area contributed by atoms with Gasteiger partial charge in [0.25, 0.3) is 0 Å². The van der Waals surface area contributed by atoms with E-state index in [1.54, 1.807) is 18.6 Å². The molecule has 3 nitrogen and oxygen atoms in total. The van der Waals surface area contributed by atoms with Gasteiger partial charge in [0.05, 0.1) is 6.20 Å². The molecule has 1 saturated heterocycles. The Balaban J connectivity index is 1.69. The van der Waals surface area contributed by atoms with Crippen LogP contribution in [0.4, 0.5) is 36.6 Å². The van der Waals surface area contributed by atoms with Crippen LogP contribution in [0, 0.1) is 0 Å². The van der Waals surface area contributed by atoms with E-state index < -0.39 is 23.6 Å². The molecule has 1 aromatic carbocycles. The van der Waals surface area contributed by atoms with Gasteiger partial charge in [-0.3, -0.25) is 4.98 Å². The molecule has 1 aliphatic heterocycles. The van der Waals surface area contributed by atoms with Gasteiger partial charge >= 0.3 is 18.0 Å². The van der Waals surface area contributed by atoms with Crippen LogP contribution >= 0.6 is 0 Å². The van der Waals surface area contributed by atoms with Crippen LogP contribution in [0.25, 0.3) is 0 Å². The molecule has 0 radical (unpaired) electrons. The summed E-state index contributed by atoms with van der Waals surface area (Å²) in [6.45, 7) is 0.646. The summed E-state index contributed by atoms with van der Waals surface area (Å²) in [5, 5.41) is 0. The summed E-state index contributed by atoms with van der Waals surface area (Å²) < 4.78 is 92.7. The number of nitrogens with zero attached hydrogens (tertiary/aromatic N) is 3. The highest BCUT2D eigenvalue weighted by molar-refractivity contribution is 5.47. The van der Waals surface area contributed by atoms with E-state index in [4.69, 9.17) is 0 Å². The molecule has 1 aromatic heterocycles. The first-order chi connectivity index (χ1) is 13.5. The third kappa shape index (κ3) is 3.03. The third-order valence-corrected chi connectivity index (χ3v) is 5.82. The van der Waals surface area contributed by atoms with Gasteiger partial charge in [0, 0.05) is 36.5 Å². The van der Waals surface area contributed by atoms with E-state index >= 15 is 0 Å². The first-order valence-electron chi connectivity index (χ1n) is 9.02. The predicted molar refractivity (Wildman–Crippen MR) is 90.2 cm³/mol. The van der Waals surface area contributed by atoms with Gasteiger partial charge < -0.3 is 4.90 Å². The maximum Gasteiger partial charge on any atom is 0.435 e. The minimum absolute atomic E-state index is 0.0189. The molecule has 29 heavy (non-hydrogen) atoms. The lowest BCUT2D eigenvalue weighted by molar-refractivity contribution is -0.348. The van der Waals surface area contributed by atoms with Crippen LogP contribution < -0.4 is 4.90 Å². The van der Waals surface area contributed by atoms with Crippen molar-refractivity contribution in [3.05, 3.63) is 53.5 Å². The van der Waals surface area contributed by atoms with Gasteiger partial charge in [-0.15, -0.1) is 0 Å². The number of rotatable bonds is 2. The molecular weight excluding hydrogens is 403 g/mol. The monoisotopic (exact) mass is 419 g/mol. The average Bonchev–Trinajstić information content (AvgIpc) is 3.10. The molecular formula is C19H16F7N3. The first kappa shape index (κ1) is 19.9. The van der Waals surface area contributed by atoms with Crippen molar-refractivity contribution in [3.63, 3.8) is 0 Å². The average molecular weight is 419 g/mol. The lowest BCUT2D eigenvalue weighted by Gasteiger charge is -2.35. The number of anilines is 1. The molecule has 1 aliphatic carbocycles. The Morgan fingerprint density at radius 2 is 1.66 bits per heavy atom. The van der Waals surface area contributed by atoms with Gasteiger partial charge in [-0.25, -0.2) is 9.37 Å². The predicted octanol–water partition coefficient (Wildman–Crippen LogP) is 5.07. The molecule has 0 bridgehead atoms. The second kappa shape index (κ2) is 6.56. The zero-order chi connectivity index (χ0) is 21.0. The van der Waals surface area contributed by atoms with E-state index in [-0.39, 0.29) is 18.4 Å². The van der Waals surface area contributed by atoms with Gasteiger partial charge in [-0.05, 0) is 30.4 Å². The van der Waals surface area contributed by atoms with E-state index in [0.717, 1.165) is 6.07 Å². The van der Waals surface area contributed by atoms with E-state index in [2.05, 4.69) is 14.9 Å². The quantitative estimate of drug-likeness (QED) is 0.637. The summed E-state index contributed by atoms with van der Waals surface area (Å²) in [6.07, 6.45) is -6.04. The number of hydrogen-bond acceptors (Lipinski definition) is 3. The molecule has 2 aromatic rings. The smallest absolute Gasteiger partial charge is 0.352 e. The fourth-order valence-corrected chi connectivity index (χ4v) is 4.49. The molecule has 156 valence electrons. The number of fused-ring (bicyclic) bond motifs is 3. The molecule has 2 unspecified atom stereocenters. The fourth-order valence-electron chi connectivity index (χ4n) is 4.49. The van der Waals surface area contributed by atoms with Crippen molar-refractivity contribution >= 4 is 5.82 Å². The van der Waals surface area contributed by atoms with Crippen LogP contribution in [-0.4, -0.2) is 34.9 Å². The minimum atomic E-state index is -6.10. The number of hydrogen-bond donors (Lipinski definition) is 0. The number of alkyl halides is 7. The fraction of sp³-hybridized carbons (Fsp3) is 0.474. The Morgan fingerprint density at radius 1 is 0.931 bits per heavy atom. The standard InChI is InChI=1S/C19H16F7N3/c20-17(18(21,22)23,19(24,25)26)12-2-3-13-11(9-12)1-4-15-14(13)5-8-29(15)16-10-27-6-7-28-16/h2-3,6-7,9-10,14-15H,1,4-5,8H2. The number of benzene rings is 1. The van der Waals surface area contributed by atoms with Crippen molar-refractivity contribution in [1.82, 2.24) is 9.97 Å². The van der Waals surface area contributed by atoms with Gasteiger partial charge in [-0.1, -0.05) is 18.2 Å². The van der Waals surface area contributed by atoms with Crippen molar-refractivity contribution in [2.75, 3.05) is 11.4 Å². The molecule has 0 N–H and O–H groups in total. The second-order valence-corrected chi connectivity index (χ2v) is 7.33. The normalized spacial score (nSPS) is 22.4. The van der Waals surface area contributed by atoms with Crippen molar-refractivity contribution in [1.29, 1.82) is 0 Å². The minimum Gasteiger partial charge on any atom is -0.352 e.